The van der Waals surface area contributed by atoms with Gasteiger partial charge in [0, 0.05) is 20.1 Å². The molecule has 1 aromatic carbocycles. The predicted octanol–water partition coefficient (Wildman–Crippen LogP) is 5.21. The van der Waals surface area contributed by atoms with E-state index in [0.29, 0.717) is 25.0 Å². The Kier molecular flexibility index (Phi) is 9.46. The molecule has 0 N–H and O–H groups in total. The number of rotatable bonds is 12. The van der Waals surface area contributed by atoms with Gasteiger partial charge in [-0.05, 0) is 42.4 Å². The molecule has 1 rings (SSSR count). The minimum atomic E-state index is 0.472. The standard InChI is InChI=1S/C20H32O3/c1-6-9-17(10-7-2)16(3)18-11-12-19(22-5)20(15-18)23-14-8-13-21-4/h6,11-12,15-17H,1,7-10,13-14H2,2-5H3/t16?,17-/m0/s1. The van der Waals surface area contributed by atoms with Gasteiger partial charge in [0.2, 0.25) is 0 Å². The van der Waals surface area contributed by atoms with Crippen molar-refractivity contribution in [3.05, 3.63) is 36.4 Å². The van der Waals surface area contributed by atoms with Crippen molar-refractivity contribution in [1.29, 1.82) is 0 Å². The third-order valence-electron chi connectivity index (χ3n) is 4.30. The lowest BCUT2D eigenvalue weighted by atomic mass is 9.82. The zero-order chi connectivity index (χ0) is 17.1. The van der Waals surface area contributed by atoms with Crippen molar-refractivity contribution in [3.63, 3.8) is 0 Å². The fraction of sp³-hybridized carbons (Fsp3) is 0.600. The molecule has 23 heavy (non-hydrogen) atoms. The van der Waals surface area contributed by atoms with Gasteiger partial charge in [-0.2, -0.15) is 0 Å². The minimum absolute atomic E-state index is 0.472. The molecule has 0 aromatic heterocycles. The number of allylic oxidation sites excluding steroid dienone is 1. The smallest absolute Gasteiger partial charge is 0.161 e. The van der Waals surface area contributed by atoms with Gasteiger partial charge in [-0.3, -0.25) is 0 Å². The first-order valence-electron chi connectivity index (χ1n) is 8.58. The van der Waals surface area contributed by atoms with Crippen LogP contribution in [-0.2, 0) is 4.74 Å². The molecule has 1 aromatic rings. The molecule has 1 unspecified atom stereocenters. The summed E-state index contributed by atoms with van der Waals surface area (Å²) in [4.78, 5) is 0. The highest BCUT2D eigenvalue weighted by atomic mass is 16.5. The van der Waals surface area contributed by atoms with E-state index >= 15 is 0 Å². The van der Waals surface area contributed by atoms with Crippen LogP contribution in [0.15, 0.2) is 30.9 Å². The molecular weight excluding hydrogens is 288 g/mol. The Balaban J connectivity index is 2.87. The molecule has 3 nitrogen and oxygen atoms in total. The van der Waals surface area contributed by atoms with Crippen LogP contribution < -0.4 is 9.47 Å². The lowest BCUT2D eigenvalue weighted by Gasteiger charge is -2.24. The highest BCUT2D eigenvalue weighted by molar-refractivity contribution is 5.44. The lowest BCUT2D eigenvalue weighted by Crippen LogP contribution is -2.10. The van der Waals surface area contributed by atoms with E-state index in [2.05, 4.69) is 32.6 Å². The van der Waals surface area contributed by atoms with Crippen LogP contribution in [0.3, 0.4) is 0 Å². The minimum Gasteiger partial charge on any atom is -0.493 e. The molecule has 2 atom stereocenters. The van der Waals surface area contributed by atoms with E-state index in [0.717, 1.165) is 24.3 Å². The first kappa shape index (κ1) is 19.6. The molecule has 0 fully saturated rings. The summed E-state index contributed by atoms with van der Waals surface area (Å²) in [5.41, 5.74) is 1.30. The molecule has 0 heterocycles. The first-order valence-corrected chi connectivity index (χ1v) is 8.58. The Bertz CT molecular complexity index is 456. The maximum absolute atomic E-state index is 5.90. The van der Waals surface area contributed by atoms with Gasteiger partial charge in [0.1, 0.15) is 0 Å². The second-order valence-corrected chi connectivity index (χ2v) is 5.97. The van der Waals surface area contributed by atoms with Gasteiger partial charge in [-0.25, -0.2) is 0 Å². The zero-order valence-corrected chi connectivity index (χ0v) is 15.1. The lowest BCUT2D eigenvalue weighted by molar-refractivity contribution is 0.170. The van der Waals surface area contributed by atoms with E-state index in [-0.39, 0.29) is 0 Å². The molecule has 0 aliphatic heterocycles. The summed E-state index contributed by atoms with van der Waals surface area (Å²) < 4.78 is 16.4. The molecule has 0 aliphatic carbocycles. The van der Waals surface area contributed by atoms with Crippen molar-refractivity contribution in [1.82, 2.24) is 0 Å². The van der Waals surface area contributed by atoms with Crippen molar-refractivity contribution in [2.75, 3.05) is 27.4 Å². The van der Waals surface area contributed by atoms with Crippen molar-refractivity contribution in [2.24, 2.45) is 5.92 Å². The Morgan fingerprint density at radius 1 is 1.17 bits per heavy atom. The zero-order valence-electron chi connectivity index (χ0n) is 15.1. The topological polar surface area (TPSA) is 27.7 Å². The first-order chi connectivity index (χ1) is 11.2. The third-order valence-corrected chi connectivity index (χ3v) is 4.30. The SMILES string of the molecule is C=CC[C@@H](CCC)C(C)c1ccc(OC)c(OCCCOC)c1. The Morgan fingerprint density at radius 2 is 1.96 bits per heavy atom. The molecule has 0 spiro atoms. The number of ether oxygens (including phenoxy) is 3. The van der Waals surface area contributed by atoms with Crippen LogP contribution in [0.25, 0.3) is 0 Å². The summed E-state index contributed by atoms with van der Waals surface area (Å²) in [7, 11) is 3.38. The van der Waals surface area contributed by atoms with Gasteiger partial charge >= 0.3 is 0 Å². The van der Waals surface area contributed by atoms with E-state index in [1.165, 1.54) is 18.4 Å². The Morgan fingerprint density at radius 3 is 2.57 bits per heavy atom. The Hall–Kier alpha value is -1.48. The molecule has 3 heteroatoms. The third kappa shape index (κ3) is 6.26. The maximum Gasteiger partial charge on any atom is 0.161 e. The second kappa shape index (κ2) is 11.1. The van der Waals surface area contributed by atoms with Crippen LogP contribution in [0.1, 0.15) is 51.0 Å². The summed E-state index contributed by atoms with van der Waals surface area (Å²) in [6.07, 6.45) is 6.35. The highest BCUT2D eigenvalue weighted by Gasteiger charge is 2.18. The molecule has 0 bridgehead atoms. The molecule has 0 aliphatic rings. The van der Waals surface area contributed by atoms with Crippen LogP contribution in [-0.4, -0.2) is 27.4 Å². The van der Waals surface area contributed by atoms with Crippen molar-refractivity contribution < 1.29 is 14.2 Å². The van der Waals surface area contributed by atoms with Crippen molar-refractivity contribution in [3.8, 4) is 11.5 Å². The van der Waals surface area contributed by atoms with Gasteiger partial charge in [0.05, 0.1) is 13.7 Å². The molecule has 0 amide bonds. The van der Waals surface area contributed by atoms with E-state index < -0.39 is 0 Å². The monoisotopic (exact) mass is 320 g/mol. The van der Waals surface area contributed by atoms with E-state index in [9.17, 15) is 0 Å². The molecule has 0 radical (unpaired) electrons. The fourth-order valence-corrected chi connectivity index (χ4v) is 2.90. The van der Waals surface area contributed by atoms with Gasteiger partial charge < -0.3 is 14.2 Å². The van der Waals surface area contributed by atoms with E-state index in [1.807, 2.05) is 12.1 Å². The van der Waals surface area contributed by atoms with E-state index in [1.54, 1.807) is 14.2 Å². The number of benzene rings is 1. The summed E-state index contributed by atoms with van der Waals surface area (Å²) in [5.74, 6) is 2.70. The molecule has 0 saturated carbocycles. The number of hydrogen-bond donors (Lipinski definition) is 0. The maximum atomic E-state index is 5.90. The van der Waals surface area contributed by atoms with Crippen LogP contribution >= 0.6 is 0 Å². The van der Waals surface area contributed by atoms with Crippen LogP contribution in [0, 0.1) is 5.92 Å². The normalized spacial score (nSPS) is 13.4. The number of methoxy groups -OCH3 is 2. The van der Waals surface area contributed by atoms with Gasteiger partial charge in [0.15, 0.2) is 11.5 Å². The van der Waals surface area contributed by atoms with Gasteiger partial charge in [0.25, 0.3) is 0 Å². The Labute approximate surface area is 141 Å². The summed E-state index contributed by atoms with van der Waals surface area (Å²) in [6.45, 7) is 9.77. The summed E-state index contributed by atoms with van der Waals surface area (Å²) in [5, 5.41) is 0. The molecule has 0 saturated heterocycles. The number of hydrogen-bond acceptors (Lipinski definition) is 3. The highest BCUT2D eigenvalue weighted by Crippen LogP contribution is 2.36. The molecular formula is C20H32O3. The summed E-state index contributed by atoms with van der Waals surface area (Å²) in [6, 6.07) is 6.29. The predicted molar refractivity (Wildman–Crippen MR) is 96.6 cm³/mol. The quantitative estimate of drug-likeness (QED) is 0.391. The second-order valence-electron chi connectivity index (χ2n) is 5.97. The van der Waals surface area contributed by atoms with Crippen molar-refractivity contribution >= 4 is 0 Å². The summed E-state index contributed by atoms with van der Waals surface area (Å²) >= 11 is 0. The largest absolute Gasteiger partial charge is 0.493 e. The van der Waals surface area contributed by atoms with Crippen LogP contribution in [0.2, 0.25) is 0 Å². The average molecular weight is 320 g/mol. The average Bonchev–Trinajstić information content (AvgIpc) is 2.57. The van der Waals surface area contributed by atoms with E-state index in [4.69, 9.17) is 14.2 Å². The van der Waals surface area contributed by atoms with Gasteiger partial charge in [-0.15, -0.1) is 6.58 Å². The van der Waals surface area contributed by atoms with Crippen molar-refractivity contribution in [2.45, 2.75) is 45.4 Å². The van der Waals surface area contributed by atoms with Crippen LogP contribution in [0.4, 0.5) is 0 Å². The van der Waals surface area contributed by atoms with Gasteiger partial charge in [-0.1, -0.05) is 32.4 Å². The fourth-order valence-electron chi connectivity index (χ4n) is 2.90. The molecule has 130 valence electrons. The van der Waals surface area contributed by atoms with Crippen LogP contribution in [0.5, 0.6) is 11.5 Å².